The van der Waals surface area contributed by atoms with Gasteiger partial charge >= 0.3 is 34.1 Å². The van der Waals surface area contributed by atoms with Crippen molar-refractivity contribution in [1.82, 2.24) is 101 Å². The summed E-state index contributed by atoms with van der Waals surface area (Å²) in [6.45, 7) is 32.1. The Bertz CT molecular complexity index is 4230. The molecule has 12 aromatic rings. The van der Waals surface area contributed by atoms with Crippen LogP contribution in [0.25, 0.3) is 60.1 Å². The van der Waals surface area contributed by atoms with Gasteiger partial charge in [-0.05, 0) is 101 Å². The van der Waals surface area contributed by atoms with Gasteiger partial charge in [0.05, 0.1) is 36.3 Å². The molecular weight excluding hydrogens is 1290 g/mol. The molecule has 27 nitrogen and oxygen atoms in total. The first kappa shape index (κ1) is 85.3. The van der Waals surface area contributed by atoms with Crippen LogP contribution in [0.4, 0.5) is 0 Å². The van der Waals surface area contributed by atoms with E-state index in [1.165, 1.54) is 93.5 Å². The summed E-state index contributed by atoms with van der Waals surface area (Å²) in [5.74, 6) is 0.519. The molecule has 0 amide bonds. The van der Waals surface area contributed by atoms with Crippen molar-refractivity contribution in [2.75, 3.05) is 0 Å². The van der Waals surface area contributed by atoms with Crippen molar-refractivity contribution < 1.29 is 0 Å². The van der Waals surface area contributed by atoms with Gasteiger partial charge in [0.15, 0.2) is 5.82 Å². The number of benzene rings is 3. The van der Waals surface area contributed by atoms with Gasteiger partial charge in [0.1, 0.15) is 38.0 Å². The summed E-state index contributed by atoms with van der Waals surface area (Å²) in [5, 5.41) is 24.0. The highest BCUT2D eigenvalue weighted by Crippen LogP contribution is 2.05. The normalized spacial score (nSPS) is 10.2. The second kappa shape index (κ2) is 50.5. The van der Waals surface area contributed by atoms with Crippen LogP contribution < -0.4 is 34.1 Å². The fourth-order valence-electron chi connectivity index (χ4n) is 7.97. The Kier molecular flexibility index (Phi) is 42.2. The fourth-order valence-corrected chi connectivity index (χ4v) is 7.97. The third-order valence-corrected chi connectivity index (χ3v) is 12.2. The molecule has 0 spiro atoms. The first-order valence-corrected chi connectivity index (χ1v) is 33.5. The molecule has 0 aliphatic heterocycles. The SMILES string of the molecule is C/C=C/n1cnn(-c2ccccc2)c1=O.C/C=C/n1cnn(-c2ccccn2)c1=O.C/C=C/n1cnn(-c2cccnc2)c1=O.C/C=C/n1cnn(-c2ccncc2)c1=O.C/C=C/n1cnn(Cc2ccccc2)c1=O.C/C=C/n1cnn(Cc2ccccc2)c1=O.CC.CC.CC.CC.CC. The first-order chi connectivity index (χ1) is 49.9. The predicted octanol–water partition coefficient (Wildman–Crippen LogP) is 12.6. The molecule has 0 atom stereocenters. The Morgan fingerprint density at radius 2 is 0.588 bits per heavy atom. The van der Waals surface area contributed by atoms with Gasteiger partial charge < -0.3 is 0 Å². The summed E-state index contributed by atoms with van der Waals surface area (Å²) in [5.41, 5.74) is 3.22. The van der Waals surface area contributed by atoms with E-state index in [2.05, 4.69) is 45.5 Å². The van der Waals surface area contributed by atoms with E-state index >= 15 is 0 Å². The number of hydrogen-bond donors (Lipinski definition) is 0. The van der Waals surface area contributed by atoms with E-state index in [1.54, 1.807) is 141 Å². The Labute approximate surface area is 595 Å². The quantitative estimate of drug-likeness (QED) is 0.0978. The lowest BCUT2D eigenvalue weighted by Crippen LogP contribution is -2.22. The van der Waals surface area contributed by atoms with Crippen LogP contribution in [0.15, 0.2) is 268 Å². The second-order valence-electron chi connectivity index (χ2n) is 18.7. The maximum atomic E-state index is 11.8. The van der Waals surface area contributed by atoms with Crippen molar-refractivity contribution in [3.8, 4) is 22.9 Å². The van der Waals surface area contributed by atoms with Gasteiger partial charge in [-0.2, -0.15) is 49.3 Å². The lowest BCUT2D eigenvalue weighted by atomic mass is 10.2. The Balaban J connectivity index is 0.000000405. The van der Waals surface area contributed by atoms with Gasteiger partial charge in [0, 0.05) is 62.0 Å². The van der Waals surface area contributed by atoms with Crippen LogP contribution in [-0.2, 0) is 13.1 Å². The number of nitrogens with zero attached hydrogens (tertiary/aromatic N) is 21. The summed E-state index contributed by atoms with van der Waals surface area (Å²) in [7, 11) is 0. The molecule has 12 rings (SSSR count). The summed E-state index contributed by atoms with van der Waals surface area (Å²) in [6, 6.07) is 41.2. The number of rotatable bonds is 14. The van der Waals surface area contributed by atoms with Crippen LogP contribution in [0.3, 0.4) is 0 Å². The highest BCUT2D eigenvalue weighted by Gasteiger charge is 2.09. The van der Waals surface area contributed by atoms with Crippen LogP contribution in [0.1, 0.15) is 122 Å². The zero-order valence-electron chi connectivity index (χ0n) is 61.2. The van der Waals surface area contributed by atoms with Gasteiger partial charge in [-0.15, -0.1) is 0 Å². The lowest BCUT2D eigenvalue weighted by Gasteiger charge is -1.98. The summed E-state index contributed by atoms with van der Waals surface area (Å²) >= 11 is 0. The molecular formula is C75H97N21O6. The topological polar surface area (TPSA) is 278 Å². The molecule has 102 heavy (non-hydrogen) atoms. The largest absolute Gasteiger partial charge is 0.356 e. The maximum absolute atomic E-state index is 11.8. The minimum Gasteiger partial charge on any atom is -0.265 e. The molecule has 0 saturated heterocycles. The first-order valence-electron chi connectivity index (χ1n) is 33.5. The molecule has 9 aromatic heterocycles. The number of hydrogen-bond acceptors (Lipinski definition) is 15. The molecule has 3 aromatic carbocycles. The van der Waals surface area contributed by atoms with Gasteiger partial charge in [-0.3, -0.25) is 37.4 Å². The van der Waals surface area contributed by atoms with E-state index in [0.717, 1.165) is 16.8 Å². The number of para-hydroxylation sites is 1. The van der Waals surface area contributed by atoms with Crippen molar-refractivity contribution in [3.05, 3.63) is 313 Å². The van der Waals surface area contributed by atoms with E-state index in [1.807, 2.05) is 208 Å². The van der Waals surface area contributed by atoms with Crippen LogP contribution in [0, 0.1) is 0 Å². The average Bonchev–Trinajstić information content (AvgIpc) is 1.73. The summed E-state index contributed by atoms with van der Waals surface area (Å²) in [4.78, 5) is 82.4. The van der Waals surface area contributed by atoms with E-state index in [4.69, 9.17) is 0 Å². The minimum atomic E-state index is -0.230. The molecule has 27 heteroatoms. The van der Waals surface area contributed by atoms with Crippen LogP contribution in [-0.4, -0.2) is 101 Å². The average molecular weight is 1390 g/mol. The van der Waals surface area contributed by atoms with Crippen LogP contribution >= 0.6 is 0 Å². The Hall–Kier alpha value is -12.8. The minimum absolute atomic E-state index is 0.123. The zero-order chi connectivity index (χ0) is 75.5. The number of allylic oxidation sites excluding steroid dienone is 6. The van der Waals surface area contributed by atoms with Gasteiger partial charge in [-0.25, -0.2) is 43.1 Å². The third-order valence-electron chi connectivity index (χ3n) is 12.2. The van der Waals surface area contributed by atoms with Crippen LogP contribution in [0.2, 0.25) is 0 Å². The van der Waals surface area contributed by atoms with Gasteiger partial charge in [-0.1, -0.05) is 191 Å². The van der Waals surface area contributed by atoms with Gasteiger partial charge in [0.25, 0.3) is 0 Å². The van der Waals surface area contributed by atoms with Crippen molar-refractivity contribution in [1.29, 1.82) is 0 Å². The van der Waals surface area contributed by atoms with Crippen molar-refractivity contribution in [2.45, 2.75) is 124 Å². The smallest absolute Gasteiger partial charge is 0.265 e. The molecule has 0 unspecified atom stereocenters. The van der Waals surface area contributed by atoms with Crippen LogP contribution in [0.5, 0.6) is 0 Å². The Morgan fingerprint density at radius 1 is 0.284 bits per heavy atom. The molecule has 538 valence electrons. The zero-order valence-corrected chi connectivity index (χ0v) is 61.2. The fraction of sp³-hybridized carbons (Fsp3) is 0.240. The third kappa shape index (κ3) is 26.9. The molecule has 0 radical (unpaired) electrons. The highest BCUT2D eigenvalue weighted by molar-refractivity contribution is 5.32. The monoisotopic (exact) mass is 1390 g/mol. The molecule has 0 aliphatic rings. The Morgan fingerprint density at radius 3 is 0.931 bits per heavy atom. The molecule has 0 N–H and O–H groups in total. The molecule has 0 saturated carbocycles. The van der Waals surface area contributed by atoms with E-state index in [-0.39, 0.29) is 34.1 Å². The van der Waals surface area contributed by atoms with Crippen molar-refractivity contribution in [3.63, 3.8) is 0 Å². The molecule has 9 heterocycles. The highest BCUT2D eigenvalue weighted by atomic mass is 16.2. The van der Waals surface area contributed by atoms with Gasteiger partial charge in [0.2, 0.25) is 0 Å². The molecule has 0 fully saturated rings. The lowest BCUT2D eigenvalue weighted by molar-refractivity contribution is 0.655. The summed E-state index contributed by atoms with van der Waals surface area (Å²) < 4.78 is 16.7. The molecule has 0 aliphatic carbocycles. The van der Waals surface area contributed by atoms with E-state index < -0.39 is 0 Å². The second-order valence-corrected chi connectivity index (χ2v) is 18.7. The predicted molar refractivity (Wildman–Crippen MR) is 412 cm³/mol. The standard InChI is InChI=1S/2C12H13N3O.C11H11N3O.3C10H10N4O.5C2H6/c2*1-2-8-14-10-13-15(12(14)16)9-11-6-4-3-5-7-11;1-2-8-13-9-12-14(11(13)15)10-6-4-3-5-7-10;1-2-7-13-8-12-14(10(13)15)9-3-5-11-6-4-9;1-2-7-13-8-12-14(10(13)15)9-5-3-4-6-11-9;1-2-6-13-8-12-14(10(13)15)9-4-3-5-11-7-9;5*1-2/h2*2-8,10H,9H2,1H3;2-9H,1H3;3*2-8H,1H3;5*1-2H3/b3*8-2+;2*7-2+;6-2+;;;;;. The summed E-state index contributed by atoms with van der Waals surface area (Å²) in [6.07, 6.45) is 37.8. The van der Waals surface area contributed by atoms with Crippen molar-refractivity contribution >= 4 is 37.2 Å². The van der Waals surface area contributed by atoms with E-state index in [0.29, 0.717) is 30.3 Å². The van der Waals surface area contributed by atoms with Crippen molar-refractivity contribution in [2.24, 2.45) is 0 Å². The number of pyridine rings is 3. The number of aromatic nitrogens is 21. The van der Waals surface area contributed by atoms with E-state index in [9.17, 15) is 28.8 Å². The maximum Gasteiger partial charge on any atom is 0.356 e. The molecule has 0 bridgehead atoms.